The summed E-state index contributed by atoms with van der Waals surface area (Å²) in [5.41, 5.74) is 5.90. The van der Waals surface area contributed by atoms with Gasteiger partial charge in [0, 0.05) is 17.5 Å². The van der Waals surface area contributed by atoms with Gasteiger partial charge in [-0.05, 0) is 25.3 Å². The van der Waals surface area contributed by atoms with Crippen molar-refractivity contribution < 1.29 is 14.7 Å². The van der Waals surface area contributed by atoms with Gasteiger partial charge in [0.2, 0.25) is 5.91 Å². The summed E-state index contributed by atoms with van der Waals surface area (Å²) in [4.78, 5) is 25.1. The smallest absolute Gasteiger partial charge is 0.305 e. The molecule has 0 aliphatic heterocycles. The lowest BCUT2D eigenvalue weighted by Gasteiger charge is -2.28. The van der Waals surface area contributed by atoms with Crippen LogP contribution in [0.1, 0.15) is 31.2 Å². The number of carboxylic acids is 1. The second-order valence-electron chi connectivity index (χ2n) is 4.26. The number of rotatable bonds is 6. The number of carboxylic acid groups (broad SMARTS) is 1. The molecule has 0 fully saturated rings. The molecule has 0 aromatic carbocycles. The van der Waals surface area contributed by atoms with E-state index < -0.39 is 12.0 Å². The highest BCUT2D eigenvalue weighted by atomic mass is 32.1. The number of nitrogens with two attached hydrogens (primary N) is 1. The van der Waals surface area contributed by atoms with Crippen molar-refractivity contribution in [2.75, 3.05) is 6.54 Å². The average Bonchev–Trinajstić information content (AvgIpc) is 2.80. The first-order valence-corrected chi connectivity index (χ1v) is 6.62. The van der Waals surface area contributed by atoms with Gasteiger partial charge >= 0.3 is 5.97 Å². The summed E-state index contributed by atoms with van der Waals surface area (Å²) in [6.45, 7) is 3.88. The Bertz CT molecular complexity index is 403. The number of carbonyl (C=O) groups is 2. The highest BCUT2D eigenvalue weighted by Gasteiger charge is 2.25. The summed E-state index contributed by atoms with van der Waals surface area (Å²) >= 11 is 1.42. The van der Waals surface area contributed by atoms with Crippen LogP contribution in [0.5, 0.6) is 0 Å². The molecule has 100 valence electrons. The molecule has 1 atom stereocenters. The van der Waals surface area contributed by atoms with E-state index in [1.54, 1.807) is 0 Å². The van der Waals surface area contributed by atoms with Crippen LogP contribution >= 0.6 is 11.3 Å². The molecule has 1 unspecified atom stereocenters. The maximum absolute atomic E-state index is 12.2. The molecular weight excluding hydrogens is 252 g/mol. The van der Waals surface area contributed by atoms with Crippen LogP contribution in [0.25, 0.3) is 0 Å². The second kappa shape index (κ2) is 6.51. The summed E-state index contributed by atoms with van der Waals surface area (Å²) in [6, 6.07) is 2.87. The number of amides is 1. The normalized spacial score (nSPS) is 12.4. The largest absolute Gasteiger partial charge is 0.481 e. The zero-order chi connectivity index (χ0) is 13.7. The predicted octanol–water partition coefficient (Wildman–Crippen LogP) is 1.46. The van der Waals surface area contributed by atoms with Gasteiger partial charge in [0.1, 0.15) is 6.04 Å². The Hall–Kier alpha value is -1.40. The van der Waals surface area contributed by atoms with E-state index in [4.69, 9.17) is 10.8 Å². The van der Waals surface area contributed by atoms with E-state index in [9.17, 15) is 9.59 Å². The Morgan fingerprint density at radius 1 is 1.50 bits per heavy atom. The maximum atomic E-state index is 12.2. The monoisotopic (exact) mass is 270 g/mol. The van der Waals surface area contributed by atoms with Gasteiger partial charge in [0.05, 0.1) is 6.42 Å². The van der Waals surface area contributed by atoms with Gasteiger partial charge in [0.25, 0.3) is 0 Å². The van der Waals surface area contributed by atoms with E-state index >= 15 is 0 Å². The number of aliphatic carboxylic acids is 1. The molecule has 1 amide bonds. The van der Waals surface area contributed by atoms with Crippen LogP contribution < -0.4 is 5.73 Å². The van der Waals surface area contributed by atoms with Crippen LogP contribution in [0.2, 0.25) is 0 Å². The highest BCUT2D eigenvalue weighted by Crippen LogP contribution is 2.20. The molecule has 0 spiro atoms. The Morgan fingerprint density at radius 3 is 2.61 bits per heavy atom. The van der Waals surface area contributed by atoms with E-state index in [0.717, 1.165) is 4.88 Å². The van der Waals surface area contributed by atoms with Crippen LogP contribution in [0.4, 0.5) is 0 Å². The molecule has 1 rings (SSSR count). The van der Waals surface area contributed by atoms with Crippen molar-refractivity contribution in [3.05, 3.63) is 22.4 Å². The fourth-order valence-electron chi connectivity index (χ4n) is 1.61. The third-order valence-electron chi connectivity index (χ3n) is 2.59. The molecular formula is C12H18N2O3S. The molecule has 0 aliphatic rings. The Kier molecular flexibility index (Phi) is 5.30. The highest BCUT2D eigenvalue weighted by molar-refractivity contribution is 7.10. The number of carbonyl (C=O) groups excluding carboxylic acids is 1. The summed E-state index contributed by atoms with van der Waals surface area (Å²) in [5.74, 6) is -1.15. The summed E-state index contributed by atoms with van der Waals surface area (Å²) in [5, 5.41) is 10.5. The van der Waals surface area contributed by atoms with E-state index in [2.05, 4.69) is 0 Å². The maximum Gasteiger partial charge on any atom is 0.305 e. The fourth-order valence-corrected chi connectivity index (χ4v) is 2.33. The molecule has 0 radical (unpaired) electrons. The molecule has 0 saturated carbocycles. The standard InChI is InChI=1S/C12H18N2O3S/c1-8(2)14(6-5-10(15)16)12(17)11(13)9-4-3-7-18-9/h3-4,7-8,11H,5-6,13H2,1-2H3,(H,15,16). The average molecular weight is 270 g/mol. The minimum Gasteiger partial charge on any atom is -0.481 e. The number of thiophene rings is 1. The van der Waals surface area contributed by atoms with Gasteiger partial charge in [-0.1, -0.05) is 6.07 Å². The summed E-state index contributed by atoms with van der Waals surface area (Å²) in [7, 11) is 0. The van der Waals surface area contributed by atoms with Crippen LogP contribution in [-0.4, -0.2) is 34.5 Å². The van der Waals surface area contributed by atoms with Crippen LogP contribution in [0.3, 0.4) is 0 Å². The first-order chi connectivity index (χ1) is 8.43. The van der Waals surface area contributed by atoms with Crippen molar-refractivity contribution in [3.63, 3.8) is 0 Å². The fraction of sp³-hybridized carbons (Fsp3) is 0.500. The molecule has 1 heterocycles. The predicted molar refractivity (Wildman–Crippen MR) is 70.3 cm³/mol. The van der Waals surface area contributed by atoms with Crippen molar-refractivity contribution in [2.24, 2.45) is 5.73 Å². The lowest BCUT2D eigenvalue weighted by molar-refractivity contribution is -0.139. The third-order valence-corrected chi connectivity index (χ3v) is 3.54. The Labute approximate surface area is 110 Å². The zero-order valence-electron chi connectivity index (χ0n) is 10.5. The molecule has 0 aliphatic carbocycles. The zero-order valence-corrected chi connectivity index (χ0v) is 11.3. The summed E-state index contributed by atoms with van der Waals surface area (Å²) < 4.78 is 0. The van der Waals surface area contributed by atoms with Crippen molar-refractivity contribution in [3.8, 4) is 0 Å². The Balaban J connectivity index is 2.73. The minimum absolute atomic E-state index is 0.0668. The number of hydrogen-bond donors (Lipinski definition) is 2. The van der Waals surface area contributed by atoms with Crippen molar-refractivity contribution >= 4 is 23.2 Å². The SMILES string of the molecule is CC(C)N(CCC(=O)O)C(=O)C(N)c1cccs1. The van der Waals surface area contributed by atoms with Crippen molar-refractivity contribution in [1.82, 2.24) is 4.90 Å². The topological polar surface area (TPSA) is 83.6 Å². The second-order valence-corrected chi connectivity index (χ2v) is 5.24. The first kappa shape index (κ1) is 14.7. The van der Waals surface area contributed by atoms with Gasteiger partial charge < -0.3 is 15.7 Å². The lowest BCUT2D eigenvalue weighted by atomic mass is 10.2. The van der Waals surface area contributed by atoms with Crippen LogP contribution in [0, 0.1) is 0 Å². The molecule has 3 N–H and O–H groups in total. The number of nitrogens with zero attached hydrogens (tertiary/aromatic N) is 1. The van der Waals surface area contributed by atoms with Crippen molar-refractivity contribution in [2.45, 2.75) is 32.4 Å². The van der Waals surface area contributed by atoms with Crippen LogP contribution in [0.15, 0.2) is 17.5 Å². The molecule has 6 heteroatoms. The molecule has 1 aromatic heterocycles. The molecule has 0 bridgehead atoms. The Morgan fingerprint density at radius 2 is 2.17 bits per heavy atom. The third kappa shape index (κ3) is 3.82. The quantitative estimate of drug-likeness (QED) is 0.819. The molecule has 5 nitrogen and oxygen atoms in total. The van der Waals surface area contributed by atoms with E-state index in [0.29, 0.717) is 0 Å². The minimum atomic E-state index is -0.918. The van der Waals surface area contributed by atoms with E-state index in [-0.39, 0.29) is 24.9 Å². The van der Waals surface area contributed by atoms with Crippen molar-refractivity contribution in [1.29, 1.82) is 0 Å². The molecule has 0 saturated heterocycles. The van der Waals surface area contributed by atoms with Gasteiger partial charge in [-0.3, -0.25) is 9.59 Å². The number of hydrogen-bond acceptors (Lipinski definition) is 4. The molecule has 18 heavy (non-hydrogen) atoms. The van der Waals surface area contributed by atoms with Crippen LogP contribution in [-0.2, 0) is 9.59 Å². The summed E-state index contributed by atoms with van der Waals surface area (Å²) in [6.07, 6.45) is -0.0684. The van der Waals surface area contributed by atoms with Gasteiger partial charge in [0.15, 0.2) is 0 Å². The van der Waals surface area contributed by atoms with Gasteiger partial charge in [-0.25, -0.2) is 0 Å². The first-order valence-electron chi connectivity index (χ1n) is 5.74. The van der Waals surface area contributed by atoms with Gasteiger partial charge in [-0.15, -0.1) is 11.3 Å². The molecule has 1 aromatic rings. The van der Waals surface area contributed by atoms with E-state index in [1.165, 1.54) is 16.2 Å². The van der Waals surface area contributed by atoms with Gasteiger partial charge in [-0.2, -0.15) is 0 Å². The van der Waals surface area contributed by atoms with E-state index in [1.807, 2.05) is 31.4 Å². The lowest BCUT2D eigenvalue weighted by Crippen LogP contribution is -2.43.